The van der Waals surface area contributed by atoms with E-state index in [0.717, 1.165) is 63.5 Å². The maximum absolute atomic E-state index is 12.8. The maximum Gasteiger partial charge on any atom is 0.227 e. The van der Waals surface area contributed by atoms with Crippen LogP contribution in [0.4, 0.5) is 0 Å². The monoisotopic (exact) mass is 321 g/mol. The standard InChI is InChI=1S/C16H23N3O2S/c20-16(18-5-1-2-6-18)12-9-14-13(3-7-21-14)19(10-12)11-15-17-4-8-22-15/h4,8,12-14H,1-3,5-7,9-11H2/t12-,13+,14+/m1/s1. The Balaban J connectivity index is 1.48. The van der Waals surface area contributed by atoms with Crippen LogP contribution < -0.4 is 0 Å². The molecule has 3 saturated heterocycles. The number of carbonyl (C=O) groups excluding carboxylic acids is 1. The van der Waals surface area contributed by atoms with E-state index in [-0.39, 0.29) is 12.0 Å². The summed E-state index contributed by atoms with van der Waals surface area (Å²) in [5.74, 6) is 0.438. The Kier molecular flexibility index (Phi) is 4.15. The van der Waals surface area contributed by atoms with Gasteiger partial charge in [-0.15, -0.1) is 11.3 Å². The highest BCUT2D eigenvalue weighted by Gasteiger charge is 2.43. The average molecular weight is 321 g/mol. The number of nitrogens with zero attached hydrogens (tertiary/aromatic N) is 3. The number of carbonyl (C=O) groups is 1. The Morgan fingerprint density at radius 2 is 2.27 bits per heavy atom. The minimum absolute atomic E-state index is 0.0948. The van der Waals surface area contributed by atoms with E-state index in [0.29, 0.717) is 11.9 Å². The molecule has 0 bridgehead atoms. The van der Waals surface area contributed by atoms with Crippen molar-refractivity contribution in [3.63, 3.8) is 0 Å². The molecule has 3 aliphatic heterocycles. The Bertz CT molecular complexity index is 515. The second kappa shape index (κ2) is 6.26. The summed E-state index contributed by atoms with van der Waals surface area (Å²) in [7, 11) is 0. The first kappa shape index (κ1) is 14.6. The molecule has 1 aromatic heterocycles. The van der Waals surface area contributed by atoms with Crippen molar-refractivity contribution in [3.8, 4) is 0 Å². The molecule has 1 amide bonds. The van der Waals surface area contributed by atoms with Crippen LogP contribution in [0.2, 0.25) is 0 Å². The van der Waals surface area contributed by atoms with Crippen LogP contribution in [-0.4, -0.2) is 59.1 Å². The van der Waals surface area contributed by atoms with Crippen LogP contribution in [0.15, 0.2) is 11.6 Å². The molecule has 0 aromatic carbocycles. The van der Waals surface area contributed by atoms with Crippen molar-refractivity contribution in [2.45, 2.75) is 44.4 Å². The van der Waals surface area contributed by atoms with Crippen LogP contribution in [0, 0.1) is 5.92 Å². The van der Waals surface area contributed by atoms with Gasteiger partial charge in [0.05, 0.1) is 18.6 Å². The van der Waals surface area contributed by atoms with Crippen molar-refractivity contribution in [2.24, 2.45) is 5.92 Å². The van der Waals surface area contributed by atoms with Crippen molar-refractivity contribution < 1.29 is 9.53 Å². The first-order valence-corrected chi connectivity index (χ1v) is 9.22. The van der Waals surface area contributed by atoms with Crippen LogP contribution >= 0.6 is 11.3 Å². The third kappa shape index (κ3) is 2.79. The number of amides is 1. The zero-order valence-electron chi connectivity index (χ0n) is 12.8. The number of thiazole rings is 1. The number of aromatic nitrogens is 1. The van der Waals surface area contributed by atoms with E-state index in [1.165, 1.54) is 0 Å². The third-order valence-electron chi connectivity index (χ3n) is 5.20. The molecule has 0 aliphatic carbocycles. The van der Waals surface area contributed by atoms with Gasteiger partial charge in [-0.1, -0.05) is 0 Å². The van der Waals surface area contributed by atoms with Gasteiger partial charge < -0.3 is 9.64 Å². The first-order valence-electron chi connectivity index (χ1n) is 8.34. The van der Waals surface area contributed by atoms with Crippen molar-refractivity contribution in [1.82, 2.24) is 14.8 Å². The van der Waals surface area contributed by atoms with Crippen LogP contribution in [-0.2, 0) is 16.1 Å². The lowest BCUT2D eigenvalue weighted by molar-refractivity contribution is -0.139. The number of ether oxygens (including phenoxy) is 1. The van der Waals surface area contributed by atoms with E-state index >= 15 is 0 Å². The molecule has 3 atom stereocenters. The minimum Gasteiger partial charge on any atom is -0.377 e. The van der Waals surface area contributed by atoms with Crippen LogP contribution in [0.1, 0.15) is 30.7 Å². The molecule has 1 aromatic rings. The van der Waals surface area contributed by atoms with E-state index in [2.05, 4.69) is 14.8 Å². The topological polar surface area (TPSA) is 45.7 Å². The van der Waals surface area contributed by atoms with Gasteiger partial charge in [-0.25, -0.2) is 4.98 Å². The van der Waals surface area contributed by atoms with Crippen molar-refractivity contribution in [2.75, 3.05) is 26.2 Å². The highest BCUT2D eigenvalue weighted by Crippen LogP contribution is 2.33. The Morgan fingerprint density at radius 1 is 1.41 bits per heavy atom. The zero-order valence-corrected chi connectivity index (χ0v) is 13.6. The van der Waals surface area contributed by atoms with Gasteiger partial charge in [0.25, 0.3) is 0 Å². The predicted octanol–water partition coefficient (Wildman–Crippen LogP) is 1.74. The summed E-state index contributed by atoms with van der Waals surface area (Å²) in [5.41, 5.74) is 0. The molecule has 4 heterocycles. The predicted molar refractivity (Wildman–Crippen MR) is 84.6 cm³/mol. The van der Waals surface area contributed by atoms with Gasteiger partial charge in [-0.05, 0) is 25.7 Å². The lowest BCUT2D eigenvalue weighted by Crippen LogP contribution is -2.52. The maximum atomic E-state index is 12.8. The Hall–Kier alpha value is -0.980. The lowest BCUT2D eigenvalue weighted by atomic mass is 9.89. The van der Waals surface area contributed by atoms with Gasteiger partial charge in [0.15, 0.2) is 0 Å². The van der Waals surface area contributed by atoms with E-state index in [1.807, 2.05) is 11.6 Å². The molecule has 0 spiro atoms. The second-order valence-corrected chi connectivity index (χ2v) is 7.56. The number of rotatable bonds is 3. The SMILES string of the molecule is O=C([C@@H]1C[C@@H]2OCC[C@@H]2N(Cc2nccs2)C1)N1CCCC1. The molecule has 4 rings (SSSR count). The van der Waals surface area contributed by atoms with E-state index < -0.39 is 0 Å². The van der Waals surface area contributed by atoms with Crippen LogP contribution in [0.5, 0.6) is 0 Å². The fraction of sp³-hybridized carbons (Fsp3) is 0.750. The van der Waals surface area contributed by atoms with Gasteiger partial charge in [-0.3, -0.25) is 9.69 Å². The Morgan fingerprint density at radius 3 is 3.05 bits per heavy atom. The summed E-state index contributed by atoms with van der Waals surface area (Å²) < 4.78 is 5.92. The van der Waals surface area contributed by atoms with Gasteiger partial charge in [-0.2, -0.15) is 0 Å². The number of fused-ring (bicyclic) bond motifs is 1. The second-order valence-electron chi connectivity index (χ2n) is 6.59. The van der Waals surface area contributed by atoms with Crippen molar-refractivity contribution in [3.05, 3.63) is 16.6 Å². The summed E-state index contributed by atoms with van der Waals surface area (Å²) in [6, 6.07) is 0.464. The van der Waals surface area contributed by atoms with Crippen molar-refractivity contribution in [1.29, 1.82) is 0 Å². The molecule has 22 heavy (non-hydrogen) atoms. The zero-order chi connectivity index (χ0) is 14.9. The van der Waals surface area contributed by atoms with E-state index in [4.69, 9.17) is 4.74 Å². The summed E-state index contributed by atoms with van der Waals surface area (Å²) in [6.07, 6.45) is 6.38. The highest BCUT2D eigenvalue weighted by atomic mass is 32.1. The van der Waals surface area contributed by atoms with E-state index in [1.54, 1.807) is 11.3 Å². The van der Waals surface area contributed by atoms with Crippen LogP contribution in [0.25, 0.3) is 0 Å². The Labute approximate surface area is 135 Å². The molecular weight excluding hydrogens is 298 g/mol. The molecular formula is C16H23N3O2S. The summed E-state index contributed by atoms with van der Waals surface area (Å²) in [4.78, 5) is 21.7. The average Bonchev–Trinajstić information content (AvgIpc) is 3.27. The van der Waals surface area contributed by atoms with E-state index in [9.17, 15) is 4.79 Å². The molecule has 0 unspecified atom stereocenters. The molecule has 0 N–H and O–H groups in total. The van der Waals surface area contributed by atoms with Crippen LogP contribution in [0.3, 0.4) is 0 Å². The third-order valence-corrected chi connectivity index (χ3v) is 5.97. The number of hydrogen-bond acceptors (Lipinski definition) is 5. The first-order chi connectivity index (χ1) is 10.8. The minimum atomic E-state index is 0.0948. The summed E-state index contributed by atoms with van der Waals surface area (Å²) >= 11 is 1.70. The normalized spacial score (nSPS) is 32.4. The molecule has 0 radical (unpaired) electrons. The quantitative estimate of drug-likeness (QED) is 0.851. The highest BCUT2D eigenvalue weighted by molar-refractivity contribution is 7.09. The molecule has 120 valence electrons. The fourth-order valence-electron chi connectivity index (χ4n) is 4.11. The number of hydrogen-bond donors (Lipinski definition) is 0. The smallest absolute Gasteiger partial charge is 0.227 e. The molecule has 5 nitrogen and oxygen atoms in total. The molecule has 6 heteroatoms. The molecule has 3 aliphatic rings. The van der Waals surface area contributed by atoms with Gasteiger partial charge >= 0.3 is 0 Å². The van der Waals surface area contributed by atoms with Gasteiger partial charge in [0, 0.05) is 43.9 Å². The number of likely N-dealkylation sites (tertiary alicyclic amines) is 2. The molecule has 0 saturated carbocycles. The largest absolute Gasteiger partial charge is 0.377 e. The van der Waals surface area contributed by atoms with Crippen molar-refractivity contribution >= 4 is 17.2 Å². The number of piperidine rings is 1. The van der Waals surface area contributed by atoms with Gasteiger partial charge in [0.1, 0.15) is 5.01 Å². The fourth-order valence-corrected chi connectivity index (χ4v) is 4.76. The lowest BCUT2D eigenvalue weighted by Gasteiger charge is -2.40. The summed E-state index contributed by atoms with van der Waals surface area (Å²) in [6.45, 7) is 4.42. The molecule has 3 fully saturated rings. The van der Waals surface area contributed by atoms with Gasteiger partial charge in [0.2, 0.25) is 5.91 Å². The summed E-state index contributed by atoms with van der Waals surface area (Å²) in [5, 5.41) is 3.16.